The number of nitrogens with zero attached hydrogens (tertiary/aromatic N) is 1. The van der Waals surface area contributed by atoms with E-state index in [1.165, 1.54) is 0 Å². The van der Waals surface area contributed by atoms with Gasteiger partial charge in [0, 0.05) is 24.8 Å². The molecule has 3 amide bonds. The van der Waals surface area contributed by atoms with Gasteiger partial charge in [0.1, 0.15) is 0 Å². The van der Waals surface area contributed by atoms with E-state index in [1.54, 1.807) is 30.1 Å². The van der Waals surface area contributed by atoms with Crippen LogP contribution in [0, 0.1) is 13.8 Å². The molecule has 0 atom stereocenters. The Hall–Kier alpha value is -2.82. The summed E-state index contributed by atoms with van der Waals surface area (Å²) in [6.07, 6.45) is 0. The Balaban J connectivity index is 2.11. The smallest absolute Gasteiger partial charge is 0.321 e. The molecule has 3 N–H and O–H groups in total. The van der Waals surface area contributed by atoms with Crippen LogP contribution < -0.4 is 11.1 Å². The second kappa shape index (κ2) is 6.96. The van der Waals surface area contributed by atoms with Crippen molar-refractivity contribution in [1.29, 1.82) is 0 Å². The molecule has 23 heavy (non-hydrogen) atoms. The maximum atomic E-state index is 12.4. The highest BCUT2D eigenvalue weighted by atomic mass is 16.2. The molecular weight excluding hydrogens is 290 g/mol. The number of urea groups is 1. The molecule has 0 unspecified atom stereocenters. The summed E-state index contributed by atoms with van der Waals surface area (Å²) in [6.45, 7) is 4.39. The van der Waals surface area contributed by atoms with Crippen molar-refractivity contribution in [2.45, 2.75) is 20.4 Å². The van der Waals surface area contributed by atoms with E-state index in [0.29, 0.717) is 17.8 Å². The number of nitrogens with two attached hydrogens (primary N) is 1. The standard InChI is InChI=1S/C18H21N3O2/c1-12-6-4-5-7-15(12)11-21(3)18(23)20-16-10-14(17(19)22)9-8-13(16)2/h4-10H,11H2,1-3H3,(H2,19,22)(H,20,23). The maximum Gasteiger partial charge on any atom is 0.321 e. The van der Waals surface area contributed by atoms with E-state index in [0.717, 1.165) is 16.7 Å². The quantitative estimate of drug-likeness (QED) is 0.910. The number of carbonyl (C=O) groups excluding carboxylic acids is 2. The van der Waals surface area contributed by atoms with Gasteiger partial charge in [-0.15, -0.1) is 0 Å². The van der Waals surface area contributed by atoms with E-state index in [9.17, 15) is 9.59 Å². The first-order valence-electron chi connectivity index (χ1n) is 7.35. The topological polar surface area (TPSA) is 75.4 Å². The summed E-state index contributed by atoms with van der Waals surface area (Å²) >= 11 is 0. The Kier molecular flexibility index (Phi) is 5.01. The minimum absolute atomic E-state index is 0.238. The Morgan fingerprint density at radius 2 is 1.78 bits per heavy atom. The number of anilines is 1. The molecule has 0 bridgehead atoms. The van der Waals surface area contributed by atoms with Crippen molar-refractivity contribution in [3.05, 3.63) is 64.7 Å². The van der Waals surface area contributed by atoms with Gasteiger partial charge >= 0.3 is 6.03 Å². The lowest BCUT2D eigenvalue weighted by Crippen LogP contribution is -2.31. The molecule has 0 saturated carbocycles. The average Bonchev–Trinajstić information content (AvgIpc) is 2.51. The van der Waals surface area contributed by atoms with Crippen LogP contribution in [0.15, 0.2) is 42.5 Å². The second-order valence-electron chi connectivity index (χ2n) is 5.61. The zero-order valence-electron chi connectivity index (χ0n) is 13.6. The molecule has 0 aliphatic rings. The number of rotatable bonds is 4. The fraction of sp³-hybridized carbons (Fsp3) is 0.222. The van der Waals surface area contributed by atoms with Crippen molar-refractivity contribution in [1.82, 2.24) is 4.90 Å². The van der Waals surface area contributed by atoms with E-state index in [-0.39, 0.29) is 6.03 Å². The average molecular weight is 311 g/mol. The van der Waals surface area contributed by atoms with E-state index >= 15 is 0 Å². The number of amides is 3. The van der Waals surface area contributed by atoms with Crippen LogP contribution in [0.1, 0.15) is 27.0 Å². The van der Waals surface area contributed by atoms with Crippen LogP contribution in [-0.2, 0) is 6.54 Å². The molecular formula is C18H21N3O2. The van der Waals surface area contributed by atoms with Gasteiger partial charge in [0.05, 0.1) is 0 Å². The SMILES string of the molecule is Cc1ccccc1CN(C)C(=O)Nc1cc(C(N)=O)ccc1C. The third-order valence-electron chi connectivity index (χ3n) is 3.78. The highest BCUT2D eigenvalue weighted by Crippen LogP contribution is 2.18. The number of nitrogens with one attached hydrogen (secondary N) is 1. The molecule has 0 fully saturated rings. The van der Waals surface area contributed by atoms with Crippen molar-refractivity contribution >= 4 is 17.6 Å². The Morgan fingerprint density at radius 3 is 2.43 bits per heavy atom. The third-order valence-corrected chi connectivity index (χ3v) is 3.78. The molecule has 2 rings (SSSR count). The first-order valence-corrected chi connectivity index (χ1v) is 7.35. The van der Waals surface area contributed by atoms with Crippen molar-refractivity contribution in [2.24, 2.45) is 5.73 Å². The fourth-order valence-electron chi connectivity index (χ4n) is 2.24. The molecule has 0 aromatic heterocycles. The Labute approximate surface area is 136 Å². The monoisotopic (exact) mass is 311 g/mol. The number of primary amides is 1. The number of benzene rings is 2. The van der Waals surface area contributed by atoms with Crippen LogP contribution in [0.5, 0.6) is 0 Å². The van der Waals surface area contributed by atoms with E-state index in [1.807, 2.05) is 38.1 Å². The van der Waals surface area contributed by atoms with Crippen molar-refractivity contribution in [3.8, 4) is 0 Å². The molecule has 0 saturated heterocycles. The van der Waals surface area contributed by atoms with E-state index < -0.39 is 5.91 Å². The van der Waals surface area contributed by atoms with Gasteiger partial charge < -0.3 is 16.0 Å². The zero-order valence-corrected chi connectivity index (χ0v) is 13.6. The van der Waals surface area contributed by atoms with Gasteiger partial charge in [-0.3, -0.25) is 4.79 Å². The minimum atomic E-state index is -0.520. The third kappa shape index (κ3) is 4.10. The minimum Gasteiger partial charge on any atom is -0.366 e. The molecule has 2 aromatic rings. The first kappa shape index (κ1) is 16.5. The number of hydrogen-bond donors (Lipinski definition) is 2. The van der Waals surface area contributed by atoms with Gasteiger partial charge in [-0.1, -0.05) is 30.3 Å². The van der Waals surface area contributed by atoms with Gasteiger partial charge in [-0.2, -0.15) is 0 Å². The highest BCUT2D eigenvalue weighted by Gasteiger charge is 2.13. The Bertz CT molecular complexity index is 741. The lowest BCUT2D eigenvalue weighted by molar-refractivity contribution is 0.1000. The molecule has 0 heterocycles. The second-order valence-corrected chi connectivity index (χ2v) is 5.61. The predicted octanol–water partition coefficient (Wildman–Crippen LogP) is 3.07. The van der Waals surface area contributed by atoms with Crippen LogP contribution in [0.25, 0.3) is 0 Å². The largest absolute Gasteiger partial charge is 0.366 e. The van der Waals surface area contributed by atoms with Gasteiger partial charge in [0.25, 0.3) is 0 Å². The van der Waals surface area contributed by atoms with E-state index in [4.69, 9.17) is 5.73 Å². The molecule has 0 radical (unpaired) electrons. The summed E-state index contributed by atoms with van der Waals surface area (Å²) in [7, 11) is 1.73. The van der Waals surface area contributed by atoms with Crippen molar-refractivity contribution in [3.63, 3.8) is 0 Å². The zero-order chi connectivity index (χ0) is 17.0. The predicted molar refractivity (Wildman–Crippen MR) is 91.4 cm³/mol. The fourth-order valence-corrected chi connectivity index (χ4v) is 2.24. The molecule has 120 valence electrons. The summed E-state index contributed by atoms with van der Waals surface area (Å²) in [4.78, 5) is 25.2. The van der Waals surface area contributed by atoms with Crippen LogP contribution in [-0.4, -0.2) is 23.9 Å². The van der Waals surface area contributed by atoms with Gasteiger partial charge in [0.15, 0.2) is 0 Å². The molecule has 0 aliphatic heterocycles. The summed E-state index contributed by atoms with van der Waals surface area (Å²) < 4.78 is 0. The van der Waals surface area contributed by atoms with Crippen LogP contribution in [0.4, 0.5) is 10.5 Å². The first-order chi connectivity index (χ1) is 10.9. The number of carbonyl (C=O) groups is 2. The Morgan fingerprint density at radius 1 is 1.09 bits per heavy atom. The lowest BCUT2D eigenvalue weighted by atomic mass is 10.1. The molecule has 0 spiro atoms. The molecule has 5 nitrogen and oxygen atoms in total. The molecule has 5 heteroatoms. The summed E-state index contributed by atoms with van der Waals surface area (Å²) in [6, 6.07) is 12.7. The summed E-state index contributed by atoms with van der Waals surface area (Å²) in [5, 5.41) is 2.82. The van der Waals surface area contributed by atoms with Crippen molar-refractivity contribution in [2.75, 3.05) is 12.4 Å². The van der Waals surface area contributed by atoms with Crippen LogP contribution in [0.2, 0.25) is 0 Å². The summed E-state index contributed by atoms with van der Waals surface area (Å²) in [5.41, 5.74) is 9.33. The normalized spacial score (nSPS) is 10.2. The van der Waals surface area contributed by atoms with Gasteiger partial charge in [-0.05, 0) is 42.7 Å². The highest BCUT2D eigenvalue weighted by molar-refractivity contribution is 5.96. The van der Waals surface area contributed by atoms with Crippen molar-refractivity contribution < 1.29 is 9.59 Å². The maximum absolute atomic E-state index is 12.4. The number of hydrogen-bond acceptors (Lipinski definition) is 2. The van der Waals surface area contributed by atoms with Gasteiger partial charge in [0.2, 0.25) is 5.91 Å². The van der Waals surface area contributed by atoms with E-state index in [2.05, 4.69) is 5.32 Å². The van der Waals surface area contributed by atoms with Crippen LogP contribution >= 0.6 is 0 Å². The lowest BCUT2D eigenvalue weighted by Gasteiger charge is -2.20. The number of aryl methyl sites for hydroxylation is 2. The summed E-state index contributed by atoms with van der Waals surface area (Å²) in [5.74, 6) is -0.520. The molecule has 2 aromatic carbocycles. The molecule has 0 aliphatic carbocycles. The van der Waals surface area contributed by atoms with Gasteiger partial charge in [-0.25, -0.2) is 4.79 Å². The van der Waals surface area contributed by atoms with Crippen LogP contribution in [0.3, 0.4) is 0 Å².